The Morgan fingerprint density at radius 1 is 1.07 bits per heavy atom. The predicted octanol–water partition coefficient (Wildman–Crippen LogP) is 7.95. The molecule has 0 saturated carbocycles. The van der Waals surface area contributed by atoms with Crippen LogP contribution in [0.1, 0.15) is 56.2 Å². The van der Waals surface area contributed by atoms with E-state index in [0.29, 0.717) is 22.5 Å². The van der Waals surface area contributed by atoms with E-state index in [9.17, 15) is 13.2 Å². The minimum absolute atomic E-state index is 0.273. The van der Waals surface area contributed by atoms with Crippen LogP contribution < -0.4 is 15.8 Å². The Hall–Kier alpha value is -3.92. The Kier molecular flexibility index (Phi) is 10.7. The number of hydrogen-bond donors (Lipinski definition) is 2. The first-order chi connectivity index (χ1) is 18.9. The molecular weight excluding hydrogens is 535 g/mol. The molecule has 3 N–H and O–H groups in total. The average molecular weight is 570 g/mol. The second-order valence-corrected chi connectivity index (χ2v) is 10.0. The van der Waals surface area contributed by atoms with E-state index >= 15 is 0 Å². The summed E-state index contributed by atoms with van der Waals surface area (Å²) >= 11 is 4.82. The first kappa shape index (κ1) is 30.6. The molecule has 0 unspecified atom stereocenters. The van der Waals surface area contributed by atoms with Crippen LogP contribution in [0.3, 0.4) is 0 Å². The van der Waals surface area contributed by atoms with Gasteiger partial charge in [0.1, 0.15) is 12.1 Å². The van der Waals surface area contributed by atoms with Crippen molar-refractivity contribution in [2.75, 3.05) is 5.32 Å². The number of nitrogens with zero attached hydrogens (tertiary/aromatic N) is 3. The molecule has 6 nitrogen and oxygen atoms in total. The quantitative estimate of drug-likeness (QED) is 0.210. The molecule has 212 valence electrons. The minimum Gasteiger partial charge on any atom is -0.406 e. The fraction of sp³-hybridized carbons (Fsp3) is 0.300. The molecule has 0 fully saturated rings. The summed E-state index contributed by atoms with van der Waals surface area (Å²) in [6.45, 7) is 8.54. The maximum absolute atomic E-state index is 12.2. The van der Waals surface area contributed by atoms with E-state index in [1.807, 2.05) is 24.3 Å². The number of alkyl halides is 3. The van der Waals surface area contributed by atoms with Crippen LogP contribution in [0.25, 0.3) is 17.1 Å². The number of aryl methyl sites for hydroxylation is 2. The third kappa shape index (κ3) is 9.37. The number of ether oxygens (including phenoxy) is 1. The van der Waals surface area contributed by atoms with Gasteiger partial charge in [0.25, 0.3) is 0 Å². The van der Waals surface area contributed by atoms with E-state index in [-0.39, 0.29) is 5.75 Å². The van der Waals surface area contributed by atoms with Crippen LogP contribution in [0, 0.1) is 6.92 Å². The topological polar surface area (TPSA) is 78.0 Å². The van der Waals surface area contributed by atoms with Gasteiger partial charge in [0.05, 0.1) is 5.69 Å². The zero-order valence-corrected chi connectivity index (χ0v) is 23.8. The summed E-state index contributed by atoms with van der Waals surface area (Å²) in [5.74, 6) is 0.760. The SMILES string of the molecule is CCCCc1cccc(-c2ncn(-c3ccc(OC(F)(F)F)cc3)n2)c1.Cc1ccc(NC(N)=S)c(C(C)C)c1. The van der Waals surface area contributed by atoms with E-state index in [1.54, 1.807) is 0 Å². The largest absolute Gasteiger partial charge is 0.573 e. The van der Waals surface area contributed by atoms with Crippen molar-refractivity contribution in [3.8, 4) is 22.8 Å². The number of hydrogen-bond acceptors (Lipinski definition) is 4. The number of benzene rings is 3. The molecule has 0 atom stereocenters. The maximum Gasteiger partial charge on any atom is 0.573 e. The first-order valence-corrected chi connectivity index (χ1v) is 13.4. The molecule has 0 radical (unpaired) electrons. The standard InChI is InChI=1S/C19H18F3N3O.C11H16N2S/c1-2-3-5-14-6-4-7-15(12-14)18-23-13-25(24-18)16-8-10-17(11-9-16)26-19(20,21)22;1-7(2)9-6-8(3)4-5-10(9)13-11(12)14/h4,6-13H,2-3,5H2,1H3;4-7H,1-3H3,(H3,12,13,14). The highest BCUT2D eigenvalue weighted by atomic mass is 32.1. The number of rotatable bonds is 8. The molecule has 0 saturated heterocycles. The monoisotopic (exact) mass is 569 g/mol. The van der Waals surface area contributed by atoms with Gasteiger partial charge in [0.15, 0.2) is 10.9 Å². The van der Waals surface area contributed by atoms with Crippen molar-refractivity contribution in [1.82, 2.24) is 14.8 Å². The molecule has 0 aliphatic heterocycles. The number of halogens is 3. The van der Waals surface area contributed by atoms with Gasteiger partial charge in [-0.3, -0.25) is 0 Å². The second kappa shape index (κ2) is 13.9. The molecule has 10 heteroatoms. The molecule has 0 spiro atoms. The number of thiocarbonyl (C=S) groups is 1. The maximum atomic E-state index is 12.2. The van der Waals surface area contributed by atoms with Crippen LogP contribution >= 0.6 is 12.2 Å². The summed E-state index contributed by atoms with van der Waals surface area (Å²) in [6, 6.07) is 19.8. The summed E-state index contributed by atoms with van der Waals surface area (Å²) in [5.41, 5.74) is 11.7. The number of unbranched alkanes of at least 4 members (excludes halogenated alkanes) is 1. The smallest absolute Gasteiger partial charge is 0.406 e. The number of anilines is 1. The van der Waals surface area contributed by atoms with E-state index in [4.69, 9.17) is 18.0 Å². The zero-order chi connectivity index (χ0) is 29.3. The molecule has 40 heavy (non-hydrogen) atoms. The Balaban J connectivity index is 0.000000267. The van der Waals surface area contributed by atoms with Gasteiger partial charge in [0, 0.05) is 11.3 Å². The summed E-state index contributed by atoms with van der Waals surface area (Å²) in [7, 11) is 0. The number of nitrogens with one attached hydrogen (secondary N) is 1. The normalized spacial score (nSPS) is 11.1. The van der Waals surface area contributed by atoms with Crippen LogP contribution in [0.5, 0.6) is 5.75 Å². The van der Waals surface area contributed by atoms with Gasteiger partial charge >= 0.3 is 6.36 Å². The highest BCUT2D eigenvalue weighted by Gasteiger charge is 2.31. The molecule has 1 heterocycles. The summed E-state index contributed by atoms with van der Waals surface area (Å²) < 4.78 is 42.0. The number of nitrogens with two attached hydrogens (primary N) is 1. The average Bonchev–Trinajstić information content (AvgIpc) is 3.39. The fourth-order valence-corrected chi connectivity index (χ4v) is 4.08. The van der Waals surface area contributed by atoms with Crippen molar-refractivity contribution in [2.24, 2.45) is 5.73 Å². The fourth-order valence-electron chi connectivity index (χ4n) is 3.97. The Bertz CT molecular complexity index is 1400. The van der Waals surface area contributed by atoms with Crippen molar-refractivity contribution < 1.29 is 17.9 Å². The summed E-state index contributed by atoms with van der Waals surface area (Å²) in [4.78, 5) is 4.31. The minimum atomic E-state index is -4.70. The van der Waals surface area contributed by atoms with Crippen molar-refractivity contribution in [2.45, 2.75) is 59.2 Å². The van der Waals surface area contributed by atoms with Crippen LogP contribution in [0.4, 0.5) is 18.9 Å². The molecule has 4 rings (SSSR count). The van der Waals surface area contributed by atoms with E-state index in [0.717, 1.165) is 30.5 Å². The van der Waals surface area contributed by atoms with Gasteiger partial charge in [-0.1, -0.05) is 63.1 Å². The summed E-state index contributed by atoms with van der Waals surface area (Å²) in [6.07, 6.45) is 0.0902. The Labute approximate surface area is 238 Å². The number of aromatic nitrogens is 3. The highest BCUT2D eigenvalue weighted by molar-refractivity contribution is 7.80. The first-order valence-electron chi connectivity index (χ1n) is 13.0. The van der Waals surface area contributed by atoms with Gasteiger partial charge in [-0.15, -0.1) is 18.3 Å². The molecule has 0 bridgehead atoms. The van der Waals surface area contributed by atoms with Crippen molar-refractivity contribution >= 4 is 23.0 Å². The molecule has 3 aromatic carbocycles. The van der Waals surface area contributed by atoms with Gasteiger partial charge < -0.3 is 15.8 Å². The Morgan fingerprint density at radius 3 is 2.42 bits per heavy atom. The molecular formula is C30H34F3N5OS. The summed E-state index contributed by atoms with van der Waals surface area (Å²) in [5, 5.41) is 7.73. The van der Waals surface area contributed by atoms with E-state index < -0.39 is 6.36 Å². The van der Waals surface area contributed by atoms with Crippen molar-refractivity contribution in [3.63, 3.8) is 0 Å². The highest BCUT2D eigenvalue weighted by Crippen LogP contribution is 2.26. The third-order valence-corrected chi connectivity index (χ3v) is 6.02. The van der Waals surface area contributed by atoms with Crippen molar-refractivity contribution in [3.05, 3.63) is 89.7 Å². The lowest BCUT2D eigenvalue weighted by atomic mass is 9.99. The van der Waals surface area contributed by atoms with Crippen LogP contribution in [0.15, 0.2) is 73.1 Å². The zero-order valence-electron chi connectivity index (χ0n) is 23.0. The second-order valence-electron chi connectivity index (χ2n) is 9.59. The van der Waals surface area contributed by atoms with E-state index in [1.165, 1.54) is 52.0 Å². The molecule has 0 amide bonds. The lowest BCUT2D eigenvalue weighted by molar-refractivity contribution is -0.274. The lowest BCUT2D eigenvalue weighted by Crippen LogP contribution is -2.20. The molecule has 0 aliphatic carbocycles. The lowest BCUT2D eigenvalue weighted by Gasteiger charge is -2.14. The molecule has 4 aromatic rings. The third-order valence-electron chi connectivity index (χ3n) is 5.92. The molecule has 1 aromatic heterocycles. The predicted molar refractivity (Wildman–Crippen MR) is 158 cm³/mol. The van der Waals surface area contributed by atoms with Crippen LogP contribution in [-0.4, -0.2) is 26.2 Å². The van der Waals surface area contributed by atoms with Crippen molar-refractivity contribution in [1.29, 1.82) is 0 Å². The Morgan fingerprint density at radius 2 is 1.80 bits per heavy atom. The van der Waals surface area contributed by atoms with E-state index in [2.05, 4.69) is 66.0 Å². The van der Waals surface area contributed by atoms with Gasteiger partial charge in [-0.05, 0) is 85.4 Å². The van der Waals surface area contributed by atoms with Crippen LogP contribution in [-0.2, 0) is 6.42 Å². The van der Waals surface area contributed by atoms with Gasteiger partial charge in [-0.25, -0.2) is 9.67 Å². The van der Waals surface area contributed by atoms with Gasteiger partial charge in [0.2, 0.25) is 0 Å². The molecule has 0 aliphatic rings. The van der Waals surface area contributed by atoms with Crippen LogP contribution in [0.2, 0.25) is 0 Å². The van der Waals surface area contributed by atoms with Gasteiger partial charge in [-0.2, -0.15) is 0 Å².